The third kappa shape index (κ3) is 2.70. The number of fused-ring (bicyclic) bond motifs is 1. The van der Waals surface area contributed by atoms with E-state index in [0.717, 1.165) is 16.1 Å². The van der Waals surface area contributed by atoms with Crippen molar-refractivity contribution in [3.63, 3.8) is 0 Å². The molecule has 0 bridgehead atoms. The summed E-state index contributed by atoms with van der Waals surface area (Å²) in [4.78, 5) is 24.7. The average Bonchev–Trinajstić information content (AvgIpc) is 2.85. The second-order valence-electron chi connectivity index (χ2n) is 5.14. The topological polar surface area (TPSA) is 46.2 Å². The molecule has 2 aromatic rings. The third-order valence-electron chi connectivity index (χ3n) is 3.55. The van der Waals surface area contributed by atoms with Crippen LogP contribution >= 0.6 is 11.8 Å². The molecule has 0 aromatic heterocycles. The van der Waals surface area contributed by atoms with Gasteiger partial charge in [0.2, 0.25) is 0 Å². The number of carbonyl (C=O) groups is 2. The van der Waals surface area contributed by atoms with E-state index in [4.69, 9.17) is 0 Å². The van der Waals surface area contributed by atoms with E-state index >= 15 is 0 Å². The van der Waals surface area contributed by atoms with Crippen molar-refractivity contribution in [2.24, 2.45) is 0 Å². The Kier molecular flexibility index (Phi) is 3.86. The fraction of sp³-hybridized carbons (Fsp3) is 0.111. The summed E-state index contributed by atoms with van der Waals surface area (Å²) in [5, 5.41) is 2.85. The Bertz CT molecular complexity index is 765. The summed E-state index contributed by atoms with van der Waals surface area (Å²) in [7, 11) is 0. The number of thioether (sulfide) groups is 1. The maximum absolute atomic E-state index is 12.4. The number of benzene rings is 2. The molecule has 3 nitrogen and oxygen atoms in total. The number of anilines is 1. The zero-order valence-electron chi connectivity index (χ0n) is 12.1. The van der Waals surface area contributed by atoms with Gasteiger partial charge < -0.3 is 5.32 Å². The molecule has 110 valence electrons. The number of rotatable bonds is 4. The molecule has 0 spiro atoms. The van der Waals surface area contributed by atoms with E-state index in [1.165, 1.54) is 18.7 Å². The summed E-state index contributed by atoms with van der Waals surface area (Å²) in [6, 6.07) is 14.8. The van der Waals surface area contributed by atoms with Crippen LogP contribution in [0.5, 0.6) is 0 Å². The Morgan fingerprint density at radius 3 is 2.45 bits per heavy atom. The SMILES string of the molecule is C=C(Nc1ccc(C(C)=O)cc1)[C@H]1Sc2ccccc2C1=O. The van der Waals surface area contributed by atoms with Gasteiger partial charge in [-0.05, 0) is 37.3 Å². The number of hydrogen-bond acceptors (Lipinski definition) is 4. The van der Waals surface area contributed by atoms with Crippen molar-refractivity contribution >= 4 is 29.0 Å². The minimum Gasteiger partial charge on any atom is -0.358 e. The number of ketones is 2. The van der Waals surface area contributed by atoms with Crippen LogP contribution in [0.1, 0.15) is 27.6 Å². The van der Waals surface area contributed by atoms with E-state index < -0.39 is 0 Å². The van der Waals surface area contributed by atoms with Crippen LogP contribution in [0, 0.1) is 0 Å². The second-order valence-corrected chi connectivity index (χ2v) is 6.29. The summed E-state index contributed by atoms with van der Waals surface area (Å²) in [5.41, 5.74) is 2.89. The maximum atomic E-state index is 12.4. The van der Waals surface area contributed by atoms with Crippen molar-refractivity contribution in [2.45, 2.75) is 17.1 Å². The van der Waals surface area contributed by atoms with Gasteiger partial charge in [0.05, 0.1) is 0 Å². The van der Waals surface area contributed by atoms with Crippen LogP contribution in [0.3, 0.4) is 0 Å². The molecule has 0 radical (unpaired) electrons. The van der Waals surface area contributed by atoms with Gasteiger partial charge in [0.25, 0.3) is 0 Å². The largest absolute Gasteiger partial charge is 0.358 e. The van der Waals surface area contributed by atoms with Crippen molar-refractivity contribution in [3.05, 3.63) is 71.9 Å². The van der Waals surface area contributed by atoms with E-state index in [2.05, 4.69) is 11.9 Å². The molecule has 0 aliphatic carbocycles. The fourth-order valence-electron chi connectivity index (χ4n) is 2.36. The van der Waals surface area contributed by atoms with Crippen molar-refractivity contribution in [1.82, 2.24) is 0 Å². The van der Waals surface area contributed by atoms with Crippen LogP contribution in [-0.4, -0.2) is 16.8 Å². The Balaban J connectivity index is 1.73. The molecular formula is C18H15NO2S. The minimum absolute atomic E-state index is 0.0300. The molecule has 0 fully saturated rings. The molecule has 4 heteroatoms. The molecule has 1 aliphatic rings. The predicted octanol–water partition coefficient (Wildman–Crippen LogP) is 4.17. The lowest BCUT2D eigenvalue weighted by molar-refractivity contribution is 0.0996. The highest BCUT2D eigenvalue weighted by molar-refractivity contribution is 8.01. The van der Waals surface area contributed by atoms with Crippen molar-refractivity contribution in [1.29, 1.82) is 0 Å². The standard InChI is InChI=1S/C18H15NO2S/c1-11(19-14-9-7-13(8-10-14)12(2)20)18-17(21)15-5-3-4-6-16(15)22-18/h3-10,18-19H,1H2,2H3/t18-/m1/s1. The third-order valence-corrected chi connectivity index (χ3v) is 4.89. The quantitative estimate of drug-likeness (QED) is 0.861. The molecule has 1 heterocycles. The van der Waals surface area contributed by atoms with Crippen molar-refractivity contribution in [2.75, 3.05) is 5.32 Å². The van der Waals surface area contributed by atoms with E-state index in [1.54, 1.807) is 12.1 Å². The van der Waals surface area contributed by atoms with Crippen LogP contribution in [0.25, 0.3) is 0 Å². The van der Waals surface area contributed by atoms with Crippen molar-refractivity contribution < 1.29 is 9.59 Å². The van der Waals surface area contributed by atoms with Crippen LogP contribution < -0.4 is 5.32 Å². The zero-order chi connectivity index (χ0) is 15.7. The van der Waals surface area contributed by atoms with E-state index in [-0.39, 0.29) is 16.8 Å². The zero-order valence-corrected chi connectivity index (χ0v) is 12.9. The molecular weight excluding hydrogens is 294 g/mol. The Morgan fingerprint density at radius 2 is 1.82 bits per heavy atom. The lowest BCUT2D eigenvalue weighted by atomic mass is 10.1. The highest BCUT2D eigenvalue weighted by Crippen LogP contribution is 2.39. The first-order valence-electron chi connectivity index (χ1n) is 6.93. The van der Waals surface area contributed by atoms with E-state index in [9.17, 15) is 9.59 Å². The minimum atomic E-state index is -0.315. The molecule has 22 heavy (non-hydrogen) atoms. The van der Waals surface area contributed by atoms with Gasteiger partial charge in [-0.1, -0.05) is 24.8 Å². The van der Waals surface area contributed by atoms with Gasteiger partial charge in [-0.2, -0.15) is 0 Å². The second kappa shape index (κ2) is 5.81. The Hall–Kier alpha value is -2.33. The summed E-state index contributed by atoms with van der Waals surface area (Å²) in [6.07, 6.45) is 0. The number of carbonyl (C=O) groups excluding carboxylic acids is 2. The van der Waals surface area contributed by atoms with Crippen LogP contribution in [-0.2, 0) is 0 Å². The molecule has 1 aliphatic heterocycles. The summed E-state index contributed by atoms with van der Waals surface area (Å²) in [6.45, 7) is 5.54. The first-order chi connectivity index (χ1) is 10.6. The molecule has 0 unspecified atom stereocenters. The smallest absolute Gasteiger partial charge is 0.183 e. The monoisotopic (exact) mass is 309 g/mol. The molecule has 0 amide bonds. The summed E-state index contributed by atoms with van der Waals surface area (Å²) >= 11 is 1.51. The van der Waals surface area contributed by atoms with E-state index in [1.807, 2.05) is 36.4 Å². The molecule has 0 saturated carbocycles. The highest BCUT2D eigenvalue weighted by atomic mass is 32.2. The lowest BCUT2D eigenvalue weighted by Gasteiger charge is -2.14. The summed E-state index contributed by atoms with van der Waals surface area (Å²) in [5.74, 6) is 0.112. The predicted molar refractivity (Wildman–Crippen MR) is 89.6 cm³/mol. The molecule has 3 rings (SSSR count). The highest BCUT2D eigenvalue weighted by Gasteiger charge is 2.33. The first kappa shape index (κ1) is 14.6. The number of hydrogen-bond donors (Lipinski definition) is 1. The van der Waals surface area contributed by atoms with Crippen LogP contribution in [0.2, 0.25) is 0 Å². The van der Waals surface area contributed by atoms with Crippen LogP contribution in [0.4, 0.5) is 5.69 Å². The van der Waals surface area contributed by atoms with Gasteiger partial charge in [-0.3, -0.25) is 9.59 Å². The fourth-order valence-corrected chi connectivity index (χ4v) is 3.51. The summed E-state index contributed by atoms with van der Waals surface area (Å²) < 4.78 is 0. The molecule has 2 aromatic carbocycles. The van der Waals surface area contributed by atoms with E-state index in [0.29, 0.717) is 11.3 Å². The Labute approximate surface area is 133 Å². The number of nitrogens with one attached hydrogen (secondary N) is 1. The average molecular weight is 309 g/mol. The van der Waals surface area contributed by atoms with Crippen molar-refractivity contribution in [3.8, 4) is 0 Å². The molecule has 1 atom stereocenters. The molecule has 0 saturated heterocycles. The van der Waals surface area contributed by atoms with Gasteiger partial charge in [0.15, 0.2) is 11.6 Å². The molecule has 1 N–H and O–H groups in total. The van der Waals surface area contributed by atoms with Crippen LogP contribution in [0.15, 0.2) is 65.7 Å². The van der Waals surface area contributed by atoms with Gasteiger partial charge in [0.1, 0.15) is 5.25 Å². The van der Waals surface area contributed by atoms with Gasteiger partial charge >= 0.3 is 0 Å². The maximum Gasteiger partial charge on any atom is 0.183 e. The van der Waals surface area contributed by atoms with Gasteiger partial charge in [0, 0.05) is 27.4 Å². The number of Topliss-reactive ketones (excluding diaryl/α,β-unsaturated/α-hetero) is 2. The van der Waals surface area contributed by atoms with Gasteiger partial charge in [-0.25, -0.2) is 0 Å². The normalized spacial score (nSPS) is 16.2. The van der Waals surface area contributed by atoms with Gasteiger partial charge in [-0.15, -0.1) is 11.8 Å². The lowest BCUT2D eigenvalue weighted by Crippen LogP contribution is -2.19. The first-order valence-corrected chi connectivity index (χ1v) is 7.81. The Morgan fingerprint density at radius 1 is 1.14 bits per heavy atom.